The van der Waals surface area contributed by atoms with E-state index in [1.807, 2.05) is 19.1 Å². The molecule has 22 heavy (non-hydrogen) atoms. The van der Waals surface area contributed by atoms with E-state index in [9.17, 15) is 4.79 Å². The number of hydrogen-bond donors (Lipinski definition) is 0. The number of thiocarbonyl (C=S) groups is 1. The predicted molar refractivity (Wildman–Crippen MR) is 94.2 cm³/mol. The molecule has 0 aromatic heterocycles. The lowest BCUT2D eigenvalue weighted by Gasteiger charge is -2.26. The third-order valence-electron chi connectivity index (χ3n) is 3.87. The second kappa shape index (κ2) is 8.08. The Bertz CT molecular complexity index is 580. The minimum absolute atomic E-state index is 0.734. The van der Waals surface area contributed by atoms with Gasteiger partial charge in [-0.1, -0.05) is 32.0 Å². The van der Waals surface area contributed by atoms with Gasteiger partial charge >= 0.3 is 0 Å². The van der Waals surface area contributed by atoms with Crippen LogP contribution in [0.3, 0.4) is 0 Å². The smallest absolute Gasteiger partial charge is 0.144 e. The Morgan fingerprint density at radius 2 is 2.23 bits per heavy atom. The summed E-state index contributed by atoms with van der Waals surface area (Å²) in [6.45, 7) is 5.67. The first-order chi connectivity index (χ1) is 10.7. The van der Waals surface area contributed by atoms with Crippen molar-refractivity contribution in [3.8, 4) is 5.75 Å². The molecule has 0 saturated heterocycles. The Labute approximate surface area is 138 Å². The van der Waals surface area contributed by atoms with Gasteiger partial charge in [-0.3, -0.25) is 4.79 Å². The molecule has 0 amide bonds. The van der Waals surface area contributed by atoms with Crippen molar-refractivity contribution in [2.45, 2.75) is 39.5 Å². The van der Waals surface area contributed by atoms with Gasteiger partial charge in [0.05, 0.1) is 17.3 Å². The zero-order valence-electron chi connectivity index (χ0n) is 13.3. The summed E-state index contributed by atoms with van der Waals surface area (Å²) in [7, 11) is 0. The van der Waals surface area contributed by atoms with E-state index in [0.717, 1.165) is 67.1 Å². The SMILES string of the molecule is CCCCCN(C(C)=S)/C(=C\C=O)c1ccc2c(c1)CCO2. The quantitative estimate of drug-likeness (QED) is 0.329. The van der Waals surface area contributed by atoms with E-state index in [-0.39, 0.29) is 0 Å². The van der Waals surface area contributed by atoms with Crippen LogP contribution < -0.4 is 4.74 Å². The van der Waals surface area contributed by atoms with Gasteiger partial charge in [-0.05, 0) is 42.7 Å². The Balaban J connectivity index is 2.29. The van der Waals surface area contributed by atoms with Crippen molar-refractivity contribution in [3.63, 3.8) is 0 Å². The first-order valence-electron chi connectivity index (χ1n) is 7.87. The molecule has 1 aromatic rings. The summed E-state index contributed by atoms with van der Waals surface area (Å²) in [5.74, 6) is 0.950. The summed E-state index contributed by atoms with van der Waals surface area (Å²) >= 11 is 5.40. The Morgan fingerprint density at radius 3 is 2.91 bits per heavy atom. The lowest BCUT2D eigenvalue weighted by Crippen LogP contribution is -2.27. The molecule has 1 heterocycles. The molecule has 0 radical (unpaired) electrons. The van der Waals surface area contributed by atoms with E-state index in [4.69, 9.17) is 17.0 Å². The largest absolute Gasteiger partial charge is 0.493 e. The summed E-state index contributed by atoms with van der Waals surface area (Å²) in [5, 5.41) is 0. The normalized spacial score (nSPS) is 13.5. The molecule has 1 aliphatic heterocycles. The predicted octanol–water partition coefficient (Wildman–Crippen LogP) is 4.00. The van der Waals surface area contributed by atoms with Crippen molar-refractivity contribution in [2.75, 3.05) is 13.2 Å². The van der Waals surface area contributed by atoms with Crippen molar-refractivity contribution in [3.05, 3.63) is 35.4 Å². The van der Waals surface area contributed by atoms with Gasteiger partial charge in [-0.25, -0.2) is 0 Å². The standard InChI is InChI=1S/C18H23NO2S/c1-3-4-5-10-19(14(2)22)17(8-11-20)15-6-7-18-16(13-15)9-12-21-18/h6-8,11,13H,3-5,9-10,12H2,1-2H3/b17-8-. The van der Waals surface area contributed by atoms with Crippen LogP contribution in [0, 0.1) is 0 Å². The molecule has 4 heteroatoms. The zero-order valence-corrected chi connectivity index (χ0v) is 14.1. The van der Waals surface area contributed by atoms with Crippen molar-refractivity contribution in [1.29, 1.82) is 0 Å². The van der Waals surface area contributed by atoms with Crippen LogP contribution in [-0.2, 0) is 11.2 Å². The number of rotatable bonds is 7. The maximum atomic E-state index is 11.1. The molecule has 3 nitrogen and oxygen atoms in total. The Morgan fingerprint density at radius 1 is 1.41 bits per heavy atom. The van der Waals surface area contributed by atoms with Gasteiger partial charge in [-0.15, -0.1) is 0 Å². The summed E-state index contributed by atoms with van der Waals surface area (Å²) in [6, 6.07) is 6.10. The van der Waals surface area contributed by atoms with Gasteiger partial charge in [-0.2, -0.15) is 0 Å². The van der Waals surface area contributed by atoms with E-state index < -0.39 is 0 Å². The third-order valence-corrected chi connectivity index (χ3v) is 4.09. The number of carbonyl (C=O) groups is 1. The molecule has 0 N–H and O–H groups in total. The number of fused-ring (bicyclic) bond motifs is 1. The first-order valence-corrected chi connectivity index (χ1v) is 8.28. The molecule has 0 atom stereocenters. The van der Waals surface area contributed by atoms with Crippen LogP contribution in [0.1, 0.15) is 44.2 Å². The molecule has 1 aliphatic rings. The van der Waals surface area contributed by atoms with Crippen LogP contribution in [0.25, 0.3) is 5.70 Å². The highest BCUT2D eigenvalue weighted by molar-refractivity contribution is 7.80. The summed E-state index contributed by atoms with van der Waals surface area (Å²) < 4.78 is 5.55. The second-order valence-electron chi connectivity index (χ2n) is 5.49. The van der Waals surface area contributed by atoms with Gasteiger partial charge in [0.2, 0.25) is 0 Å². The lowest BCUT2D eigenvalue weighted by molar-refractivity contribution is -0.104. The Hall–Kier alpha value is -1.68. The number of nitrogens with zero attached hydrogens (tertiary/aromatic N) is 1. The number of allylic oxidation sites excluding steroid dienone is 1. The fourth-order valence-electron chi connectivity index (χ4n) is 2.72. The summed E-state index contributed by atoms with van der Waals surface area (Å²) in [6.07, 6.45) is 6.75. The number of hydrogen-bond acceptors (Lipinski definition) is 3. The fraction of sp³-hybridized carbons (Fsp3) is 0.444. The van der Waals surface area contributed by atoms with Crippen molar-refractivity contribution in [2.24, 2.45) is 0 Å². The number of ether oxygens (including phenoxy) is 1. The molecule has 0 bridgehead atoms. The summed E-state index contributed by atoms with van der Waals surface area (Å²) in [5.41, 5.74) is 3.11. The third kappa shape index (κ3) is 3.95. The molecule has 0 aliphatic carbocycles. The molecule has 0 spiro atoms. The number of unbranched alkanes of at least 4 members (excludes halogenated alkanes) is 2. The number of aldehydes is 1. The van der Waals surface area contributed by atoms with Crippen molar-refractivity contribution in [1.82, 2.24) is 4.90 Å². The topological polar surface area (TPSA) is 29.5 Å². The number of carbonyl (C=O) groups excluding carboxylic acids is 1. The maximum absolute atomic E-state index is 11.1. The van der Waals surface area contributed by atoms with Crippen LogP contribution in [0.15, 0.2) is 24.3 Å². The molecule has 1 aromatic carbocycles. The van der Waals surface area contributed by atoms with Crippen LogP contribution in [-0.4, -0.2) is 29.3 Å². The second-order valence-corrected chi connectivity index (χ2v) is 6.08. The minimum atomic E-state index is 0.734. The maximum Gasteiger partial charge on any atom is 0.144 e. The van der Waals surface area contributed by atoms with Crippen molar-refractivity contribution < 1.29 is 9.53 Å². The zero-order chi connectivity index (χ0) is 15.9. The van der Waals surface area contributed by atoms with Gasteiger partial charge in [0.15, 0.2) is 0 Å². The van der Waals surface area contributed by atoms with Crippen LogP contribution in [0.4, 0.5) is 0 Å². The average Bonchev–Trinajstić information content (AvgIpc) is 2.97. The van der Waals surface area contributed by atoms with Gasteiger partial charge < -0.3 is 9.64 Å². The van der Waals surface area contributed by atoms with Crippen LogP contribution in [0.5, 0.6) is 5.75 Å². The first kappa shape index (κ1) is 16.7. The highest BCUT2D eigenvalue weighted by Gasteiger charge is 2.17. The van der Waals surface area contributed by atoms with E-state index in [1.54, 1.807) is 6.08 Å². The minimum Gasteiger partial charge on any atom is -0.493 e. The average molecular weight is 317 g/mol. The van der Waals surface area contributed by atoms with Crippen LogP contribution >= 0.6 is 12.2 Å². The molecule has 118 valence electrons. The van der Waals surface area contributed by atoms with E-state index in [2.05, 4.69) is 17.9 Å². The number of benzene rings is 1. The molecular weight excluding hydrogens is 294 g/mol. The fourth-order valence-corrected chi connectivity index (χ4v) is 2.91. The van der Waals surface area contributed by atoms with Crippen molar-refractivity contribution >= 4 is 29.2 Å². The lowest BCUT2D eigenvalue weighted by atomic mass is 10.0. The molecular formula is C18H23NO2S. The van der Waals surface area contributed by atoms with Gasteiger partial charge in [0, 0.05) is 19.0 Å². The highest BCUT2D eigenvalue weighted by Crippen LogP contribution is 2.30. The van der Waals surface area contributed by atoms with E-state index in [1.165, 1.54) is 5.56 Å². The molecule has 0 saturated carbocycles. The molecule has 2 rings (SSSR count). The molecule has 0 fully saturated rings. The highest BCUT2D eigenvalue weighted by atomic mass is 32.1. The van der Waals surface area contributed by atoms with E-state index >= 15 is 0 Å². The monoisotopic (exact) mass is 317 g/mol. The van der Waals surface area contributed by atoms with Gasteiger partial charge in [0.25, 0.3) is 0 Å². The van der Waals surface area contributed by atoms with Crippen LogP contribution in [0.2, 0.25) is 0 Å². The van der Waals surface area contributed by atoms with Gasteiger partial charge in [0.1, 0.15) is 12.0 Å². The summed E-state index contributed by atoms with van der Waals surface area (Å²) in [4.78, 5) is 14.0. The molecule has 0 unspecified atom stereocenters. The Kier molecular flexibility index (Phi) is 6.13. The van der Waals surface area contributed by atoms with E-state index in [0.29, 0.717) is 0 Å².